The topological polar surface area (TPSA) is 56.7 Å². The molecule has 3 rings (SSSR count). The molecule has 0 bridgehead atoms. The Balaban J connectivity index is 1.89. The molecule has 1 N–H and O–H groups in total. The van der Waals surface area contributed by atoms with Crippen molar-refractivity contribution in [2.24, 2.45) is 0 Å². The van der Waals surface area contributed by atoms with Crippen molar-refractivity contribution in [2.45, 2.75) is 18.6 Å². The second-order valence-electron chi connectivity index (χ2n) is 6.21. The number of anilines is 1. The fourth-order valence-corrected chi connectivity index (χ4v) is 3.00. The number of aromatic nitrogens is 1. The van der Waals surface area contributed by atoms with Crippen molar-refractivity contribution >= 4 is 11.6 Å². The fourth-order valence-electron chi connectivity index (χ4n) is 3.00. The molecule has 6 heteroatoms. The summed E-state index contributed by atoms with van der Waals surface area (Å²) in [6.07, 6.45) is 1.44. The van der Waals surface area contributed by atoms with Crippen LogP contribution in [0.5, 0.6) is 0 Å². The van der Waals surface area contributed by atoms with Crippen LogP contribution in [0.25, 0.3) is 0 Å². The van der Waals surface area contributed by atoms with Gasteiger partial charge < -0.3 is 14.9 Å². The molecule has 1 fully saturated rings. The van der Waals surface area contributed by atoms with Gasteiger partial charge in [0.1, 0.15) is 11.5 Å². The number of β-amino-alcohol motifs (C(OH)–C–C–N with tert-alkyl or cyclic N) is 1. The summed E-state index contributed by atoms with van der Waals surface area (Å²) in [4.78, 5) is 20.6. The Morgan fingerprint density at radius 2 is 2.00 bits per heavy atom. The number of nitrogens with zero attached hydrogens (tertiary/aromatic N) is 3. The summed E-state index contributed by atoms with van der Waals surface area (Å²) in [6.45, 7) is 0.245. The van der Waals surface area contributed by atoms with Crippen molar-refractivity contribution in [3.63, 3.8) is 0 Å². The van der Waals surface area contributed by atoms with Gasteiger partial charge in [-0.2, -0.15) is 0 Å². The molecular weight excluding hydrogens is 309 g/mol. The van der Waals surface area contributed by atoms with Crippen molar-refractivity contribution in [3.8, 4) is 0 Å². The molecule has 1 aliphatic heterocycles. The number of carbonyl (C=O) groups excluding carboxylic acids is 1. The summed E-state index contributed by atoms with van der Waals surface area (Å²) in [7, 11) is 3.79. The zero-order valence-corrected chi connectivity index (χ0v) is 13.7. The molecule has 5 nitrogen and oxygen atoms in total. The maximum Gasteiger partial charge on any atom is 0.273 e. The summed E-state index contributed by atoms with van der Waals surface area (Å²) in [5.41, 5.74) is 2.03. The van der Waals surface area contributed by atoms with Gasteiger partial charge in [0.2, 0.25) is 0 Å². The van der Waals surface area contributed by atoms with E-state index in [1.165, 1.54) is 12.1 Å². The zero-order chi connectivity index (χ0) is 17.3. The zero-order valence-electron chi connectivity index (χ0n) is 13.7. The van der Waals surface area contributed by atoms with Crippen LogP contribution in [0.1, 0.15) is 28.5 Å². The van der Waals surface area contributed by atoms with Crippen LogP contribution >= 0.6 is 0 Å². The lowest BCUT2D eigenvalue weighted by Crippen LogP contribution is -2.32. The van der Waals surface area contributed by atoms with Crippen LogP contribution in [0.15, 0.2) is 42.6 Å². The highest BCUT2D eigenvalue weighted by atomic mass is 19.1. The lowest BCUT2D eigenvalue weighted by Gasteiger charge is -2.25. The van der Waals surface area contributed by atoms with Gasteiger partial charge in [0.05, 0.1) is 12.1 Å². The van der Waals surface area contributed by atoms with Gasteiger partial charge in [-0.25, -0.2) is 4.39 Å². The molecule has 0 spiro atoms. The van der Waals surface area contributed by atoms with Crippen LogP contribution < -0.4 is 4.90 Å². The molecule has 2 atom stereocenters. The SMILES string of the molecule is CN(C)c1ccnc(C(=O)N2C[C@H](O)C[C@H]2c2ccc(F)cc2)c1. The van der Waals surface area contributed by atoms with E-state index < -0.39 is 6.10 Å². The Kier molecular flexibility index (Phi) is 4.49. The highest BCUT2D eigenvalue weighted by Crippen LogP contribution is 2.33. The number of aliphatic hydroxyl groups excluding tert-OH is 1. The van der Waals surface area contributed by atoms with Gasteiger partial charge >= 0.3 is 0 Å². The maximum atomic E-state index is 13.1. The minimum atomic E-state index is -0.596. The van der Waals surface area contributed by atoms with E-state index in [0.717, 1.165) is 11.3 Å². The first-order chi connectivity index (χ1) is 11.5. The lowest BCUT2D eigenvalue weighted by molar-refractivity contribution is 0.0710. The number of amides is 1. The molecule has 0 aliphatic carbocycles. The van der Waals surface area contributed by atoms with Gasteiger partial charge in [-0.1, -0.05) is 12.1 Å². The van der Waals surface area contributed by atoms with E-state index in [4.69, 9.17) is 0 Å². The number of hydrogen-bond acceptors (Lipinski definition) is 4. The Hall–Kier alpha value is -2.47. The summed E-state index contributed by atoms with van der Waals surface area (Å²) < 4.78 is 13.1. The monoisotopic (exact) mass is 329 g/mol. The fraction of sp³-hybridized carbons (Fsp3) is 0.333. The van der Waals surface area contributed by atoms with E-state index in [-0.39, 0.29) is 24.3 Å². The molecule has 24 heavy (non-hydrogen) atoms. The van der Waals surface area contributed by atoms with E-state index in [9.17, 15) is 14.3 Å². The average molecular weight is 329 g/mol. The number of likely N-dealkylation sites (tertiary alicyclic amines) is 1. The summed E-state index contributed by atoms with van der Waals surface area (Å²) in [5, 5.41) is 10.0. The maximum absolute atomic E-state index is 13.1. The quantitative estimate of drug-likeness (QED) is 0.938. The van der Waals surface area contributed by atoms with Crippen LogP contribution in [-0.2, 0) is 0 Å². The van der Waals surface area contributed by atoms with Gasteiger partial charge in [-0.3, -0.25) is 9.78 Å². The molecule has 1 aromatic heterocycles. The van der Waals surface area contributed by atoms with Gasteiger partial charge in [0, 0.05) is 32.5 Å². The molecule has 1 amide bonds. The van der Waals surface area contributed by atoms with E-state index >= 15 is 0 Å². The molecular formula is C18H20FN3O2. The Morgan fingerprint density at radius 1 is 1.29 bits per heavy atom. The van der Waals surface area contributed by atoms with Crippen LogP contribution in [0, 0.1) is 5.82 Å². The lowest BCUT2D eigenvalue weighted by atomic mass is 10.0. The number of carbonyl (C=O) groups is 1. The minimum absolute atomic E-state index is 0.232. The summed E-state index contributed by atoms with van der Waals surface area (Å²) >= 11 is 0. The minimum Gasteiger partial charge on any atom is -0.391 e. The van der Waals surface area contributed by atoms with Crippen molar-refractivity contribution in [1.29, 1.82) is 0 Å². The third-order valence-corrected chi connectivity index (χ3v) is 4.27. The molecule has 126 valence electrons. The predicted molar refractivity (Wildman–Crippen MR) is 89.4 cm³/mol. The smallest absolute Gasteiger partial charge is 0.273 e. The van der Waals surface area contributed by atoms with E-state index in [1.54, 1.807) is 29.3 Å². The Labute approximate surface area is 140 Å². The summed E-state index contributed by atoms with van der Waals surface area (Å²) in [6, 6.07) is 9.32. The Bertz CT molecular complexity index is 733. The number of rotatable bonds is 3. The standard InChI is InChI=1S/C18H20FN3O2/c1-21(2)14-7-8-20-16(9-14)18(24)22-11-15(23)10-17(22)12-3-5-13(19)6-4-12/h3-9,15,17,23H,10-11H2,1-2H3/t15-,17+/m1/s1. The van der Waals surface area contributed by atoms with Crippen LogP contribution in [-0.4, -0.2) is 47.6 Å². The first kappa shape index (κ1) is 16.4. The molecule has 2 aromatic rings. The van der Waals surface area contributed by atoms with E-state index in [0.29, 0.717) is 12.1 Å². The molecule has 1 aliphatic rings. The van der Waals surface area contributed by atoms with Gasteiger partial charge in [-0.05, 0) is 36.2 Å². The van der Waals surface area contributed by atoms with E-state index in [2.05, 4.69) is 4.98 Å². The van der Waals surface area contributed by atoms with Crippen molar-refractivity contribution in [2.75, 3.05) is 25.5 Å². The second-order valence-corrected chi connectivity index (χ2v) is 6.21. The predicted octanol–water partition coefficient (Wildman–Crippen LogP) is 2.23. The van der Waals surface area contributed by atoms with Crippen molar-refractivity contribution in [3.05, 3.63) is 59.7 Å². The number of pyridine rings is 1. The van der Waals surface area contributed by atoms with Crippen LogP contribution in [0.4, 0.5) is 10.1 Å². The first-order valence-electron chi connectivity index (χ1n) is 7.83. The third-order valence-electron chi connectivity index (χ3n) is 4.27. The average Bonchev–Trinajstić information content (AvgIpc) is 2.96. The van der Waals surface area contributed by atoms with Crippen molar-refractivity contribution in [1.82, 2.24) is 9.88 Å². The van der Waals surface area contributed by atoms with Crippen molar-refractivity contribution < 1.29 is 14.3 Å². The Morgan fingerprint density at radius 3 is 2.67 bits per heavy atom. The highest BCUT2D eigenvalue weighted by molar-refractivity contribution is 5.93. The van der Waals surface area contributed by atoms with Gasteiger partial charge in [0.15, 0.2) is 0 Å². The van der Waals surface area contributed by atoms with Gasteiger partial charge in [-0.15, -0.1) is 0 Å². The third kappa shape index (κ3) is 3.23. The first-order valence-corrected chi connectivity index (χ1v) is 7.83. The summed E-state index contributed by atoms with van der Waals surface area (Å²) in [5.74, 6) is -0.555. The number of aliphatic hydroxyl groups is 1. The van der Waals surface area contributed by atoms with Crippen LogP contribution in [0.3, 0.4) is 0 Å². The number of hydrogen-bond donors (Lipinski definition) is 1. The molecule has 2 heterocycles. The largest absolute Gasteiger partial charge is 0.391 e. The number of halogens is 1. The molecule has 0 radical (unpaired) electrons. The number of benzene rings is 1. The van der Waals surface area contributed by atoms with E-state index in [1.807, 2.05) is 25.1 Å². The normalized spacial score (nSPS) is 20.2. The van der Waals surface area contributed by atoms with Gasteiger partial charge in [0.25, 0.3) is 5.91 Å². The second kappa shape index (κ2) is 6.57. The molecule has 0 saturated carbocycles. The molecule has 1 saturated heterocycles. The van der Waals surface area contributed by atoms with Crippen LogP contribution in [0.2, 0.25) is 0 Å². The molecule has 1 aromatic carbocycles. The molecule has 0 unspecified atom stereocenters. The highest BCUT2D eigenvalue weighted by Gasteiger charge is 2.36.